The largest absolute Gasteiger partial charge is 0.470 e. The predicted octanol–water partition coefficient (Wildman–Crippen LogP) is 7.21. The number of hydrogen-bond donors (Lipinski definition) is 0. The first-order valence-electron chi connectivity index (χ1n) is 12.5. The number of amides is 2. The molecular formula is C28H27F4N5O2. The van der Waals surface area contributed by atoms with Gasteiger partial charge in [-0.05, 0) is 60.4 Å². The third-order valence-electron chi connectivity index (χ3n) is 5.98. The van der Waals surface area contributed by atoms with Crippen molar-refractivity contribution >= 4 is 11.7 Å². The summed E-state index contributed by atoms with van der Waals surface area (Å²) in [5.74, 6) is -2.69. The number of urea groups is 1. The van der Waals surface area contributed by atoms with Gasteiger partial charge in [-0.3, -0.25) is 9.88 Å². The van der Waals surface area contributed by atoms with Gasteiger partial charge >= 0.3 is 18.1 Å². The number of anilines is 1. The number of nitrogens with zero attached hydrogens (tertiary/aromatic N) is 5. The molecule has 2 aromatic carbocycles. The number of rotatable bonds is 9. The fourth-order valence-corrected chi connectivity index (χ4v) is 4.09. The predicted molar refractivity (Wildman–Crippen MR) is 138 cm³/mol. The molecule has 0 bridgehead atoms. The topological polar surface area (TPSA) is 75.4 Å². The zero-order valence-electron chi connectivity index (χ0n) is 21.5. The van der Waals surface area contributed by atoms with Gasteiger partial charge in [-0.1, -0.05) is 32.0 Å². The number of aromatic nitrogens is 3. The van der Waals surface area contributed by atoms with Crippen LogP contribution in [0.4, 0.5) is 28.0 Å². The Balaban J connectivity index is 1.65. The highest BCUT2D eigenvalue weighted by Crippen LogP contribution is 2.31. The van der Waals surface area contributed by atoms with E-state index in [1.165, 1.54) is 17.0 Å². The average molecular weight is 542 g/mol. The summed E-state index contributed by atoms with van der Waals surface area (Å²) >= 11 is 0. The Hall–Kier alpha value is -4.28. The van der Waals surface area contributed by atoms with Gasteiger partial charge in [0.05, 0.1) is 6.54 Å². The molecule has 0 unspecified atom stereocenters. The Morgan fingerprint density at radius 1 is 0.872 bits per heavy atom. The summed E-state index contributed by atoms with van der Waals surface area (Å²) < 4.78 is 58.4. The van der Waals surface area contributed by atoms with Crippen molar-refractivity contribution in [2.45, 2.75) is 39.4 Å². The molecule has 0 N–H and O–H groups in total. The Morgan fingerprint density at radius 3 is 2.05 bits per heavy atom. The molecule has 0 aliphatic rings. The van der Waals surface area contributed by atoms with Gasteiger partial charge in [0.15, 0.2) is 0 Å². The van der Waals surface area contributed by atoms with Gasteiger partial charge in [0, 0.05) is 42.3 Å². The highest BCUT2D eigenvalue weighted by molar-refractivity contribution is 5.92. The summed E-state index contributed by atoms with van der Waals surface area (Å²) in [4.78, 5) is 20.9. The molecule has 2 aromatic heterocycles. The van der Waals surface area contributed by atoms with Crippen molar-refractivity contribution in [3.05, 3.63) is 84.3 Å². The fourth-order valence-electron chi connectivity index (χ4n) is 4.09. The molecule has 11 heteroatoms. The van der Waals surface area contributed by atoms with E-state index < -0.39 is 23.8 Å². The first-order chi connectivity index (χ1) is 18.7. The van der Waals surface area contributed by atoms with Crippen molar-refractivity contribution in [1.82, 2.24) is 20.1 Å². The Labute approximate surface area is 223 Å². The maximum atomic E-state index is 15.2. The van der Waals surface area contributed by atoms with Crippen LogP contribution in [0.2, 0.25) is 0 Å². The number of halogens is 4. The number of carbonyl (C=O) groups excluding carboxylic acids is 1. The Kier molecular flexibility index (Phi) is 8.58. The molecule has 0 aliphatic heterocycles. The average Bonchev–Trinajstić information content (AvgIpc) is 3.44. The molecule has 4 rings (SSSR count). The maximum absolute atomic E-state index is 15.2. The van der Waals surface area contributed by atoms with Gasteiger partial charge < -0.3 is 9.32 Å². The van der Waals surface area contributed by atoms with Gasteiger partial charge in [0.1, 0.15) is 5.82 Å². The lowest BCUT2D eigenvalue weighted by atomic mass is 10.1. The van der Waals surface area contributed by atoms with Crippen LogP contribution >= 0.6 is 0 Å². The summed E-state index contributed by atoms with van der Waals surface area (Å²) in [6.07, 6.45) is 0.0933. The summed E-state index contributed by atoms with van der Waals surface area (Å²) in [5, 5.41) is 6.36. The first-order valence-corrected chi connectivity index (χ1v) is 12.5. The molecule has 39 heavy (non-hydrogen) atoms. The molecule has 0 saturated heterocycles. The second kappa shape index (κ2) is 12.1. The quantitative estimate of drug-likeness (QED) is 0.209. The lowest BCUT2D eigenvalue weighted by Gasteiger charge is -2.31. The fraction of sp³-hybridized carbons (Fsp3) is 0.286. The van der Waals surface area contributed by atoms with Crippen molar-refractivity contribution in [3.63, 3.8) is 0 Å². The highest BCUT2D eigenvalue weighted by atomic mass is 19.4. The monoisotopic (exact) mass is 541 g/mol. The van der Waals surface area contributed by atoms with Crippen molar-refractivity contribution in [2.75, 3.05) is 18.0 Å². The van der Waals surface area contributed by atoms with E-state index in [2.05, 4.69) is 19.6 Å². The van der Waals surface area contributed by atoms with Crippen LogP contribution in [0.15, 0.2) is 71.4 Å². The van der Waals surface area contributed by atoms with Crippen LogP contribution in [0.1, 0.15) is 38.1 Å². The Morgan fingerprint density at radius 2 is 1.49 bits per heavy atom. The minimum absolute atomic E-state index is 0.00239. The van der Waals surface area contributed by atoms with Crippen molar-refractivity contribution in [2.24, 2.45) is 0 Å². The lowest BCUT2D eigenvalue weighted by molar-refractivity contribution is -0.156. The van der Waals surface area contributed by atoms with Gasteiger partial charge in [-0.25, -0.2) is 9.18 Å². The van der Waals surface area contributed by atoms with Crippen LogP contribution in [-0.4, -0.2) is 39.2 Å². The van der Waals surface area contributed by atoms with E-state index in [0.29, 0.717) is 18.8 Å². The zero-order chi connectivity index (χ0) is 28.0. The third kappa shape index (κ3) is 6.60. The SMILES string of the molecule is CCCN(CCC)C(=O)N(Cc1ccc(-c2nnc(C(F)(F)F)o2)cc1F)c1ccc(-c2ccncc2)cc1. The molecule has 4 aromatic rings. The molecule has 204 valence electrons. The molecule has 0 aliphatic carbocycles. The van der Waals surface area contributed by atoms with Gasteiger partial charge in [-0.2, -0.15) is 13.2 Å². The molecular weight excluding hydrogens is 514 g/mol. The maximum Gasteiger partial charge on any atom is 0.470 e. The van der Waals surface area contributed by atoms with E-state index in [-0.39, 0.29) is 23.7 Å². The standard InChI is InChI=1S/C28H27F4N5O2/c1-3-15-36(16-4-2)27(38)37(23-9-7-19(8-10-23)20-11-13-33-14-12-20)18-22-6-5-21(17-24(22)29)25-34-35-26(39-25)28(30,31)32/h5-14,17H,3-4,15-16,18H2,1-2H3. The van der Waals surface area contributed by atoms with Crippen molar-refractivity contribution in [3.8, 4) is 22.6 Å². The Bertz CT molecular complexity index is 1390. The molecule has 7 nitrogen and oxygen atoms in total. The molecule has 0 radical (unpaired) electrons. The van der Waals surface area contributed by atoms with Crippen LogP contribution in [-0.2, 0) is 12.7 Å². The molecule has 2 amide bonds. The van der Waals surface area contributed by atoms with E-state index in [9.17, 15) is 18.0 Å². The number of hydrogen-bond acceptors (Lipinski definition) is 5. The second-order valence-corrected chi connectivity index (χ2v) is 8.85. The van der Waals surface area contributed by atoms with E-state index >= 15 is 4.39 Å². The zero-order valence-corrected chi connectivity index (χ0v) is 21.5. The van der Waals surface area contributed by atoms with E-state index in [1.54, 1.807) is 29.4 Å². The molecule has 0 atom stereocenters. The number of benzene rings is 2. The van der Waals surface area contributed by atoms with Crippen LogP contribution in [0.3, 0.4) is 0 Å². The lowest BCUT2D eigenvalue weighted by Crippen LogP contribution is -2.44. The summed E-state index contributed by atoms with van der Waals surface area (Å²) in [6, 6.07) is 14.6. The van der Waals surface area contributed by atoms with Gasteiger partial charge in [0.2, 0.25) is 5.89 Å². The van der Waals surface area contributed by atoms with Crippen molar-refractivity contribution < 1.29 is 26.8 Å². The van der Waals surface area contributed by atoms with E-state index in [0.717, 1.165) is 30.0 Å². The van der Waals surface area contributed by atoms with E-state index in [4.69, 9.17) is 0 Å². The minimum Gasteiger partial charge on any atom is -0.413 e. The summed E-state index contributed by atoms with van der Waals surface area (Å²) in [7, 11) is 0. The first kappa shape index (κ1) is 27.7. The molecule has 0 fully saturated rings. The number of alkyl halides is 3. The number of pyridine rings is 1. The summed E-state index contributed by atoms with van der Waals surface area (Å²) in [5.41, 5.74) is 2.64. The summed E-state index contributed by atoms with van der Waals surface area (Å²) in [6.45, 7) is 4.94. The van der Waals surface area contributed by atoms with Crippen LogP contribution in [0, 0.1) is 5.82 Å². The highest BCUT2D eigenvalue weighted by Gasteiger charge is 2.38. The smallest absolute Gasteiger partial charge is 0.413 e. The van der Waals surface area contributed by atoms with Gasteiger partial charge in [-0.15, -0.1) is 10.2 Å². The van der Waals surface area contributed by atoms with Crippen LogP contribution in [0.25, 0.3) is 22.6 Å². The molecule has 2 heterocycles. The molecule has 0 saturated carbocycles. The van der Waals surface area contributed by atoms with Crippen LogP contribution < -0.4 is 4.90 Å². The van der Waals surface area contributed by atoms with Gasteiger partial charge in [0.25, 0.3) is 0 Å². The minimum atomic E-state index is -4.81. The van der Waals surface area contributed by atoms with Crippen LogP contribution in [0.5, 0.6) is 0 Å². The molecule has 0 spiro atoms. The third-order valence-corrected chi connectivity index (χ3v) is 5.98. The number of carbonyl (C=O) groups is 1. The van der Waals surface area contributed by atoms with Crippen molar-refractivity contribution in [1.29, 1.82) is 0 Å². The normalized spacial score (nSPS) is 11.4. The van der Waals surface area contributed by atoms with E-state index in [1.807, 2.05) is 38.1 Å². The second-order valence-electron chi connectivity index (χ2n) is 8.85.